The average Bonchev–Trinajstić information content (AvgIpc) is 3.28. The van der Waals surface area contributed by atoms with E-state index in [1.54, 1.807) is 11.1 Å². The van der Waals surface area contributed by atoms with Crippen LogP contribution < -0.4 is 0 Å². The summed E-state index contributed by atoms with van der Waals surface area (Å²) in [5, 5.41) is 31.2. The summed E-state index contributed by atoms with van der Waals surface area (Å²) in [5.41, 5.74) is 3.27. The van der Waals surface area contributed by atoms with Crippen molar-refractivity contribution in [3.63, 3.8) is 0 Å². The molecular weight excluding hydrogens is 480 g/mol. The molecule has 1 aliphatic carbocycles. The first-order chi connectivity index (χ1) is 17.7. The number of benzene rings is 1. The maximum atomic E-state index is 9.55. The van der Waals surface area contributed by atoms with E-state index in [4.69, 9.17) is 20.4 Å². The van der Waals surface area contributed by atoms with Crippen molar-refractivity contribution in [1.29, 1.82) is 0 Å². The van der Waals surface area contributed by atoms with E-state index in [-0.39, 0.29) is 0 Å². The molecule has 1 aromatic carbocycles. The lowest BCUT2D eigenvalue weighted by Crippen LogP contribution is -2.35. The molecule has 37 heavy (non-hydrogen) atoms. The largest absolute Gasteiger partial charge is 0.478 e. The molecule has 3 aliphatic rings. The number of fused-ring (bicyclic) bond motifs is 1. The topological polar surface area (TPSA) is 156 Å². The average molecular weight is 517 g/mol. The molecule has 2 atom stereocenters. The molecule has 0 bridgehead atoms. The van der Waals surface area contributed by atoms with E-state index in [0.717, 1.165) is 0 Å². The van der Waals surface area contributed by atoms with Crippen molar-refractivity contribution in [1.82, 2.24) is 9.80 Å². The molecule has 0 aromatic heterocycles. The van der Waals surface area contributed by atoms with Crippen molar-refractivity contribution < 1.29 is 39.6 Å². The molecule has 10 nitrogen and oxygen atoms in total. The van der Waals surface area contributed by atoms with Crippen LogP contribution >= 0.6 is 0 Å². The Balaban J connectivity index is 0.000000251. The Morgan fingerprint density at radius 1 is 0.568 bits per heavy atom. The van der Waals surface area contributed by atoms with Gasteiger partial charge in [0.05, 0.1) is 0 Å². The third kappa shape index (κ3) is 10.6. The number of rotatable bonds is 6. The number of piperidine rings is 2. The van der Waals surface area contributed by atoms with Gasteiger partial charge in [-0.3, -0.25) is 9.80 Å². The van der Waals surface area contributed by atoms with E-state index < -0.39 is 23.9 Å². The Kier molecular flexibility index (Phi) is 12.5. The highest BCUT2D eigenvalue weighted by molar-refractivity contribution is 5.90. The highest BCUT2D eigenvalue weighted by Gasteiger charge is 2.37. The molecule has 2 fully saturated rings. The van der Waals surface area contributed by atoms with Crippen LogP contribution in [0.3, 0.4) is 0 Å². The quantitative estimate of drug-likeness (QED) is 0.412. The summed E-state index contributed by atoms with van der Waals surface area (Å²) in [5.74, 6) is -5.03. The minimum absolute atomic E-state index is 0.558. The van der Waals surface area contributed by atoms with E-state index in [2.05, 4.69) is 34.1 Å². The zero-order valence-corrected chi connectivity index (χ0v) is 20.9. The van der Waals surface area contributed by atoms with Crippen LogP contribution in [-0.4, -0.2) is 80.3 Å². The first-order valence-corrected chi connectivity index (χ1v) is 12.5. The number of carboxylic acid groups (broad SMARTS) is 4. The predicted molar refractivity (Wildman–Crippen MR) is 136 cm³/mol. The molecule has 2 saturated heterocycles. The SMILES string of the molecule is O=C(O)C=CC(=O)O.O=C(O)C=CC(=O)O.c1ccc2c(c1)[C@H](N1CCCCC1)C[C@H]2N1CCCCC1. The molecular formula is C27H36N2O8. The van der Waals surface area contributed by atoms with Crippen molar-refractivity contribution in [2.45, 2.75) is 57.0 Å². The van der Waals surface area contributed by atoms with Crippen LogP contribution in [0.5, 0.6) is 0 Å². The van der Waals surface area contributed by atoms with Gasteiger partial charge in [0.1, 0.15) is 0 Å². The number of nitrogens with zero attached hydrogens (tertiary/aromatic N) is 2. The normalized spacial score (nSPS) is 21.8. The van der Waals surface area contributed by atoms with Gasteiger partial charge in [-0.25, -0.2) is 19.2 Å². The number of carboxylic acids is 4. The van der Waals surface area contributed by atoms with Gasteiger partial charge in [0, 0.05) is 36.4 Å². The maximum absolute atomic E-state index is 9.55. The standard InChI is InChI=1S/C19H28N2.2C4H4O4/c1-5-11-20(12-6-1)18-15-19(21-13-7-2-8-14-21)17-10-4-3-9-16(17)18;2*5-3(6)1-2-4(7)8/h3-4,9-10,18-19H,1-2,5-8,11-15H2;2*1-2H,(H,5,6)(H,7,8)/t18-,19-;;/m1../s1. The molecule has 2 aliphatic heterocycles. The smallest absolute Gasteiger partial charge is 0.328 e. The molecule has 2 heterocycles. The molecule has 10 heteroatoms. The van der Waals surface area contributed by atoms with E-state index in [1.807, 2.05) is 0 Å². The third-order valence-electron chi connectivity index (χ3n) is 6.56. The minimum Gasteiger partial charge on any atom is -0.478 e. The number of hydrogen-bond donors (Lipinski definition) is 4. The van der Waals surface area contributed by atoms with E-state index in [0.29, 0.717) is 36.4 Å². The van der Waals surface area contributed by atoms with Crippen molar-refractivity contribution in [3.8, 4) is 0 Å². The Bertz CT molecular complexity index is 869. The summed E-state index contributed by atoms with van der Waals surface area (Å²) in [6.07, 6.45) is 12.0. The van der Waals surface area contributed by atoms with Gasteiger partial charge >= 0.3 is 23.9 Å². The second kappa shape index (κ2) is 15.6. The highest BCUT2D eigenvalue weighted by Crippen LogP contribution is 2.46. The Morgan fingerprint density at radius 2 is 0.865 bits per heavy atom. The van der Waals surface area contributed by atoms with Gasteiger partial charge in [-0.05, 0) is 69.4 Å². The summed E-state index contributed by atoms with van der Waals surface area (Å²) < 4.78 is 0. The van der Waals surface area contributed by atoms with Crippen LogP contribution in [0.2, 0.25) is 0 Å². The second-order valence-corrected chi connectivity index (χ2v) is 9.11. The lowest BCUT2D eigenvalue weighted by Gasteiger charge is -2.35. The van der Waals surface area contributed by atoms with Gasteiger partial charge < -0.3 is 20.4 Å². The molecule has 4 N–H and O–H groups in total. The van der Waals surface area contributed by atoms with Crippen LogP contribution in [-0.2, 0) is 19.2 Å². The van der Waals surface area contributed by atoms with Crippen LogP contribution in [0.1, 0.15) is 68.2 Å². The van der Waals surface area contributed by atoms with Crippen molar-refractivity contribution in [3.05, 3.63) is 59.7 Å². The van der Waals surface area contributed by atoms with E-state index in [1.165, 1.54) is 71.1 Å². The number of carbonyl (C=O) groups is 4. The fraction of sp³-hybridized carbons (Fsp3) is 0.481. The maximum Gasteiger partial charge on any atom is 0.328 e. The number of hydrogen-bond acceptors (Lipinski definition) is 6. The molecule has 0 spiro atoms. The molecule has 0 amide bonds. The lowest BCUT2D eigenvalue weighted by atomic mass is 10.0. The summed E-state index contributed by atoms with van der Waals surface area (Å²) in [6.45, 7) is 5.24. The molecule has 202 valence electrons. The van der Waals surface area contributed by atoms with Gasteiger partial charge in [0.25, 0.3) is 0 Å². The van der Waals surface area contributed by atoms with Gasteiger partial charge in [-0.2, -0.15) is 0 Å². The van der Waals surface area contributed by atoms with Crippen molar-refractivity contribution >= 4 is 23.9 Å². The van der Waals surface area contributed by atoms with Crippen LogP contribution in [0.25, 0.3) is 0 Å². The van der Waals surface area contributed by atoms with E-state index in [9.17, 15) is 19.2 Å². The molecule has 0 radical (unpaired) electrons. The van der Waals surface area contributed by atoms with Gasteiger partial charge in [-0.1, -0.05) is 37.1 Å². The number of aliphatic carboxylic acids is 4. The third-order valence-corrected chi connectivity index (χ3v) is 6.56. The fourth-order valence-electron chi connectivity index (χ4n) is 5.02. The molecule has 0 saturated carbocycles. The predicted octanol–water partition coefficient (Wildman–Crippen LogP) is 3.57. The monoisotopic (exact) mass is 516 g/mol. The molecule has 1 aromatic rings. The molecule has 4 rings (SSSR count). The van der Waals surface area contributed by atoms with Crippen molar-refractivity contribution in [2.24, 2.45) is 0 Å². The van der Waals surface area contributed by atoms with Gasteiger partial charge in [-0.15, -0.1) is 0 Å². The first kappa shape index (κ1) is 29.7. The lowest BCUT2D eigenvalue weighted by molar-refractivity contribution is -0.134. The van der Waals surface area contributed by atoms with Crippen LogP contribution in [0.4, 0.5) is 0 Å². The van der Waals surface area contributed by atoms with Gasteiger partial charge in [0.15, 0.2) is 0 Å². The highest BCUT2D eigenvalue weighted by atomic mass is 16.4. The fourth-order valence-corrected chi connectivity index (χ4v) is 5.02. The zero-order valence-electron chi connectivity index (χ0n) is 20.9. The first-order valence-electron chi connectivity index (χ1n) is 12.5. The van der Waals surface area contributed by atoms with E-state index >= 15 is 0 Å². The summed E-state index contributed by atoms with van der Waals surface area (Å²) >= 11 is 0. The minimum atomic E-state index is -1.26. The van der Waals surface area contributed by atoms with Crippen molar-refractivity contribution in [2.75, 3.05) is 26.2 Å². The second-order valence-electron chi connectivity index (χ2n) is 9.11. The van der Waals surface area contributed by atoms with Crippen LogP contribution in [0.15, 0.2) is 48.6 Å². The molecule has 0 unspecified atom stereocenters. The Labute approximate surface area is 216 Å². The summed E-state index contributed by atoms with van der Waals surface area (Å²) in [4.78, 5) is 43.8. The summed E-state index contributed by atoms with van der Waals surface area (Å²) in [6, 6.07) is 10.7. The Hall–Kier alpha value is -3.50. The number of likely N-dealkylation sites (tertiary alicyclic amines) is 2. The van der Waals surface area contributed by atoms with Gasteiger partial charge in [0.2, 0.25) is 0 Å². The zero-order chi connectivity index (χ0) is 27.2. The Morgan fingerprint density at radius 3 is 1.14 bits per heavy atom. The van der Waals surface area contributed by atoms with Crippen LogP contribution in [0, 0.1) is 0 Å². The summed E-state index contributed by atoms with van der Waals surface area (Å²) in [7, 11) is 0.